The number of Topliss-reactive ketones (excluding diaryl/α,β-unsaturated/α-hetero) is 1. The summed E-state index contributed by atoms with van der Waals surface area (Å²) in [7, 11) is 0. The van der Waals surface area contributed by atoms with Gasteiger partial charge in [-0.1, -0.05) is 13.3 Å². The van der Waals surface area contributed by atoms with Crippen LogP contribution in [-0.2, 0) is 16.0 Å². The molecular formula is C17H22F2O2. The van der Waals surface area contributed by atoms with Crippen LogP contribution in [0.25, 0.3) is 0 Å². The molecule has 116 valence electrons. The average molecular weight is 296 g/mol. The summed E-state index contributed by atoms with van der Waals surface area (Å²) < 4.78 is 32.7. The molecule has 4 heteroatoms. The van der Waals surface area contributed by atoms with E-state index in [1.54, 1.807) is 0 Å². The van der Waals surface area contributed by atoms with Gasteiger partial charge in [-0.05, 0) is 55.9 Å². The molecule has 0 aliphatic heterocycles. The second-order valence-electron chi connectivity index (χ2n) is 5.96. The van der Waals surface area contributed by atoms with Gasteiger partial charge in [-0.3, -0.25) is 4.79 Å². The summed E-state index contributed by atoms with van der Waals surface area (Å²) in [5, 5.41) is 0. The van der Waals surface area contributed by atoms with Gasteiger partial charge in [0.25, 0.3) is 0 Å². The standard InChI is InChI=1S/C17H22F2O2/c1-3-21-17(8-4-5-12(2)11-17)16(20)10-13-9-14(18)6-7-15(13)19/h6-7,9,12H,3-5,8,10-11H2,1-2H3. The highest BCUT2D eigenvalue weighted by Crippen LogP contribution is 2.36. The van der Waals surface area contributed by atoms with E-state index in [1.165, 1.54) is 0 Å². The summed E-state index contributed by atoms with van der Waals surface area (Å²) >= 11 is 0. The highest BCUT2D eigenvalue weighted by Gasteiger charge is 2.42. The van der Waals surface area contributed by atoms with E-state index < -0.39 is 17.2 Å². The average Bonchev–Trinajstić information content (AvgIpc) is 2.43. The zero-order valence-electron chi connectivity index (χ0n) is 12.6. The molecule has 0 bridgehead atoms. The molecule has 1 aliphatic rings. The molecule has 1 aromatic rings. The SMILES string of the molecule is CCOC1(C(=O)Cc2cc(F)ccc2F)CCCC(C)C1. The van der Waals surface area contributed by atoms with Gasteiger partial charge in [-0.15, -0.1) is 0 Å². The molecule has 2 rings (SSSR count). The Labute approximate surface area is 124 Å². The summed E-state index contributed by atoms with van der Waals surface area (Å²) in [6, 6.07) is 3.22. The second-order valence-corrected chi connectivity index (χ2v) is 5.96. The van der Waals surface area contributed by atoms with Crippen molar-refractivity contribution in [1.29, 1.82) is 0 Å². The van der Waals surface area contributed by atoms with E-state index in [1.807, 2.05) is 6.92 Å². The van der Waals surface area contributed by atoms with Crippen LogP contribution in [0.5, 0.6) is 0 Å². The third-order valence-electron chi connectivity index (χ3n) is 4.24. The smallest absolute Gasteiger partial charge is 0.169 e. The molecule has 1 aliphatic carbocycles. The number of carbonyl (C=O) groups is 1. The third-order valence-corrected chi connectivity index (χ3v) is 4.24. The lowest BCUT2D eigenvalue weighted by atomic mass is 9.75. The minimum Gasteiger partial charge on any atom is -0.367 e. The maximum Gasteiger partial charge on any atom is 0.169 e. The fourth-order valence-corrected chi connectivity index (χ4v) is 3.26. The monoisotopic (exact) mass is 296 g/mol. The van der Waals surface area contributed by atoms with E-state index >= 15 is 0 Å². The van der Waals surface area contributed by atoms with Crippen LogP contribution in [-0.4, -0.2) is 18.0 Å². The van der Waals surface area contributed by atoms with Crippen molar-refractivity contribution in [1.82, 2.24) is 0 Å². The predicted molar refractivity (Wildman–Crippen MR) is 77.1 cm³/mol. The second kappa shape index (κ2) is 6.65. The van der Waals surface area contributed by atoms with Crippen molar-refractivity contribution in [2.45, 2.75) is 51.6 Å². The molecule has 0 radical (unpaired) electrons. The minimum atomic E-state index is -0.828. The van der Waals surface area contributed by atoms with Gasteiger partial charge in [0, 0.05) is 13.0 Å². The molecule has 0 saturated heterocycles. The Kier molecular flexibility index (Phi) is 5.09. The molecule has 2 unspecified atom stereocenters. The molecule has 1 aromatic carbocycles. The molecule has 0 aromatic heterocycles. The van der Waals surface area contributed by atoms with E-state index in [0.29, 0.717) is 25.4 Å². The van der Waals surface area contributed by atoms with Crippen LogP contribution in [0.4, 0.5) is 8.78 Å². The maximum atomic E-state index is 13.7. The minimum absolute atomic E-state index is 0.109. The molecule has 21 heavy (non-hydrogen) atoms. The van der Waals surface area contributed by atoms with Crippen molar-refractivity contribution >= 4 is 5.78 Å². The number of carbonyl (C=O) groups excluding carboxylic acids is 1. The lowest BCUT2D eigenvalue weighted by Crippen LogP contribution is -2.46. The van der Waals surface area contributed by atoms with Gasteiger partial charge in [0.1, 0.15) is 17.2 Å². The largest absolute Gasteiger partial charge is 0.367 e. The van der Waals surface area contributed by atoms with Crippen molar-refractivity contribution in [2.75, 3.05) is 6.61 Å². The molecule has 1 saturated carbocycles. The van der Waals surface area contributed by atoms with Crippen molar-refractivity contribution in [3.8, 4) is 0 Å². The van der Waals surface area contributed by atoms with Crippen LogP contribution in [0.1, 0.15) is 45.1 Å². The van der Waals surface area contributed by atoms with Crippen LogP contribution >= 0.6 is 0 Å². The number of hydrogen-bond acceptors (Lipinski definition) is 2. The lowest BCUT2D eigenvalue weighted by molar-refractivity contribution is -0.150. The number of hydrogen-bond donors (Lipinski definition) is 0. The normalized spacial score (nSPS) is 25.8. The van der Waals surface area contributed by atoms with Gasteiger partial charge < -0.3 is 4.74 Å². The Balaban J connectivity index is 2.20. The number of ketones is 1. The van der Waals surface area contributed by atoms with Gasteiger partial charge >= 0.3 is 0 Å². The first-order valence-electron chi connectivity index (χ1n) is 7.58. The van der Waals surface area contributed by atoms with Crippen LogP contribution in [0.2, 0.25) is 0 Å². The topological polar surface area (TPSA) is 26.3 Å². The molecule has 2 atom stereocenters. The van der Waals surface area contributed by atoms with Gasteiger partial charge in [0.05, 0.1) is 0 Å². The molecule has 2 nitrogen and oxygen atoms in total. The molecule has 1 fully saturated rings. The number of benzene rings is 1. The fraction of sp³-hybridized carbons (Fsp3) is 0.588. The number of ether oxygens (including phenoxy) is 1. The summed E-state index contributed by atoms with van der Waals surface area (Å²) in [6.07, 6.45) is 3.23. The van der Waals surface area contributed by atoms with E-state index in [2.05, 4.69) is 6.92 Å². The highest BCUT2D eigenvalue weighted by molar-refractivity contribution is 5.89. The van der Waals surface area contributed by atoms with Crippen LogP contribution in [0, 0.1) is 17.6 Å². The Bertz CT molecular complexity index is 512. The Morgan fingerprint density at radius 1 is 1.43 bits per heavy atom. The van der Waals surface area contributed by atoms with Gasteiger partial charge in [0.15, 0.2) is 5.78 Å². The summed E-state index contributed by atoms with van der Waals surface area (Å²) in [6.45, 7) is 4.41. The zero-order valence-corrected chi connectivity index (χ0v) is 12.6. The zero-order chi connectivity index (χ0) is 15.5. The molecule has 0 heterocycles. The van der Waals surface area contributed by atoms with Crippen molar-refractivity contribution in [3.63, 3.8) is 0 Å². The first kappa shape index (κ1) is 16.1. The van der Waals surface area contributed by atoms with Crippen molar-refractivity contribution in [3.05, 3.63) is 35.4 Å². The summed E-state index contributed by atoms with van der Waals surface area (Å²) in [5.74, 6) is -0.797. The first-order chi connectivity index (χ1) is 9.97. The van der Waals surface area contributed by atoms with Gasteiger partial charge in [-0.2, -0.15) is 0 Å². The first-order valence-corrected chi connectivity index (χ1v) is 7.58. The van der Waals surface area contributed by atoms with Gasteiger partial charge in [-0.25, -0.2) is 8.78 Å². The molecular weight excluding hydrogens is 274 g/mol. The van der Waals surface area contributed by atoms with E-state index in [0.717, 1.165) is 31.0 Å². The Morgan fingerprint density at radius 3 is 2.86 bits per heavy atom. The number of halogens is 2. The van der Waals surface area contributed by atoms with Crippen molar-refractivity contribution in [2.24, 2.45) is 5.92 Å². The van der Waals surface area contributed by atoms with Crippen LogP contribution in [0.15, 0.2) is 18.2 Å². The lowest BCUT2D eigenvalue weighted by Gasteiger charge is -2.38. The number of rotatable bonds is 5. The van der Waals surface area contributed by atoms with Crippen LogP contribution < -0.4 is 0 Å². The van der Waals surface area contributed by atoms with E-state index in [4.69, 9.17) is 4.74 Å². The van der Waals surface area contributed by atoms with E-state index in [9.17, 15) is 13.6 Å². The van der Waals surface area contributed by atoms with Gasteiger partial charge in [0.2, 0.25) is 0 Å². The van der Waals surface area contributed by atoms with E-state index in [-0.39, 0.29) is 17.8 Å². The van der Waals surface area contributed by atoms with Crippen LogP contribution in [0.3, 0.4) is 0 Å². The highest BCUT2D eigenvalue weighted by atomic mass is 19.1. The Hall–Kier alpha value is -1.29. The summed E-state index contributed by atoms with van der Waals surface area (Å²) in [4.78, 5) is 12.7. The molecule has 0 spiro atoms. The molecule has 0 N–H and O–H groups in total. The predicted octanol–water partition coefficient (Wildman–Crippen LogP) is 4.06. The molecule has 0 amide bonds. The summed E-state index contributed by atoms with van der Waals surface area (Å²) in [5.41, 5.74) is -0.720. The van der Waals surface area contributed by atoms with Crippen molar-refractivity contribution < 1.29 is 18.3 Å². The quantitative estimate of drug-likeness (QED) is 0.819. The third kappa shape index (κ3) is 3.67. The Morgan fingerprint density at radius 2 is 2.19 bits per heavy atom. The maximum absolute atomic E-state index is 13.7. The fourth-order valence-electron chi connectivity index (χ4n) is 3.26.